The summed E-state index contributed by atoms with van der Waals surface area (Å²) in [5.74, 6) is 1.73. The van der Waals surface area contributed by atoms with Gasteiger partial charge in [0.25, 0.3) is 0 Å². The Kier molecular flexibility index (Phi) is 5.04. The highest BCUT2D eigenvalue weighted by atomic mass is 32.2. The van der Waals surface area contributed by atoms with E-state index in [0.29, 0.717) is 6.04 Å². The van der Waals surface area contributed by atoms with Crippen LogP contribution in [0.1, 0.15) is 26.2 Å². The van der Waals surface area contributed by atoms with E-state index in [4.69, 9.17) is 10.9 Å². The van der Waals surface area contributed by atoms with Gasteiger partial charge in [-0.3, -0.25) is 4.21 Å². The summed E-state index contributed by atoms with van der Waals surface area (Å²) in [4.78, 5) is 0. The molecule has 4 N–H and O–H groups in total. The molecule has 0 aromatic rings. The average molecular weight is 233 g/mol. The monoisotopic (exact) mass is 233 g/mol. The van der Waals surface area contributed by atoms with Crippen molar-refractivity contribution in [3.8, 4) is 0 Å². The fraction of sp³-hybridized carbons (Fsp3) is 0.889. The Morgan fingerprint density at radius 2 is 2.27 bits per heavy atom. The van der Waals surface area contributed by atoms with Gasteiger partial charge in [-0.05, 0) is 19.3 Å². The first-order valence-electron chi connectivity index (χ1n) is 5.25. The smallest absolute Gasteiger partial charge is 0.156 e. The van der Waals surface area contributed by atoms with Crippen molar-refractivity contribution in [1.82, 2.24) is 5.32 Å². The molecule has 0 radical (unpaired) electrons. The van der Waals surface area contributed by atoms with E-state index in [2.05, 4.69) is 10.5 Å². The summed E-state index contributed by atoms with van der Waals surface area (Å²) in [7, 11) is -0.641. The number of nitrogens with two attached hydrogens (primary N) is 1. The van der Waals surface area contributed by atoms with Crippen LogP contribution in [0.3, 0.4) is 0 Å². The Morgan fingerprint density at radius 1 is 1.67 bits per heavy atom. The maximum atomic E-state index is 11.1. The first kappa shape index (κ1) is 12.4. The average Bonchev–Trinajstić information content (AvgIpc) is 2.27. The molecule has 1 heterocycles. The highest BCUT2D eigenvalue weighted by Gasteiger charge is 2.21. The van der Waals surface area contributed by atoms with Gasteiger partial charge in [0.2, 0.25) is 0 Å². The third kappa shape index (κ3) is 3.79. The van der Waals surface area contributed by atoms with E-state index in [0.717, 1.165) is 30.8 Å². The zero-order valence-electron chi connectivity index (χ0n) is 8.98. The third-order valence-electron chi connectivity index (χ3n) is 2.71. The minimum atomic E-state index is -0.641. The van der Waals surface area contributed by atoms with Gasteiger partial charge in [0, 0.05) is 28.3 Å². The Bertz CT molecular complexity index is 248. The van der Waals surface area contributed by atoms with Crippen molar-refractivity contribution in [1.29, 1.82) is 0 Å². The predicted molar refractivity (Wildman–Crippen MR) is 61.5 cm³/mol. The lowest BCUT2D eigenvalue weighted by Gasteiger charge is -2.26. The summed E-state index contributed by atoms with van der Waals surface area (Å²) in [6.45, 7) is 1.98. The zero-order valence-corrected chi connectivity index (χ0v) is 9.80. The molecule has 0 saturated carbocycles. The summed E-state index contributed by atoms with van der Waals surface area (Å²) >= 11 is 0. The first-order chi connectivity index (χ1) is 7.17. The molecular formula is C9H19N3O2S. The number of oxime groups is 1. The van der Waals surface area contributed by atoms with Gasteiger partial charge in [0.05, 0.1) is 6.04 Å². The number of nitrogens with zero attached hydrogens (tertiary/aromatic N) is 1. The van der Waals surface area contributed by atoms with E-state index < -0.39 is 10.8 Å². The van der Waals surface area contributed by atoms with Gasteiger partial charge in [0.15, 0.2) is 5.84 Å². The Hall–Kier alpha value is -0.620. The minimum absolute atomic E-state index is 0.0773. The van der Waals surface area contributed by atoms with Crippen molar-refractivity contribution in [2.45, 2.75) is 38.3 Å². The molecule has 0 spiro atoms. The quantitative estimate of drug-likeness (QED) is 0.276. The van der Waals surface area contributed by atoms with Gasteiger partial charge in [-0.1, -0.05) is 12.1 Å². The lowest BCUT2D eigenvalue weighted by Crippen LogP contribution is -2.48. The lowest BCUT2D eigenvalue weighted by atomic mass is 10.1. The van der Waals surface area contributed by atoms with Crippen molar-refractivity contribution >= 4 is 16.6 Å². The lowest BCUT2D eigenvalue weighted by molar-refractivity contribution is 0.312. The van der Waals surface area contributed by atoms with Crippen LogP contribution < -0.4 is 11.1 Å². The van der Waals surface area contributed by atoms with Gasteiger partial charge < -0.3 is 16.3 Å². The molecule has 88 valence electrons. The fourth-order valence-electron chi connectivity index (χ4n) is 1.73. The predicted octanol–water partition coefficient (Wildman–Crippen LogP) is 0.0121. The maximum Gasteiger partial charge on any atom is 0.156 e. The minimum Gasteiger partial charge on any atom is -0.409 e. The van der Waals surface area contributed by atoms with Crippen LogP contribution >= 0.6 is 0 Å². The molecular weight excluding hydrogens is 214 g/mol. The number of hydrogen-bond acceptors (Lipinski definition) is 4. The number of rotatable bonds is 4. The van der Waals surface area contributed by atoms with Crippen molar-refractivity contribution in [3.05, 3.63) is 0 Å². The molecule has 1 rings (SSSR count). The fourth-order valence-corrected chi connectivity index (χ4v) is 3.03. The normalized spacial score (nSPS) is 30.1. The van der Waals surface area contributed by atoms with Gasteiger partial charge >= 0.3 is 0 Å². The second-order valence-electron chi connectivity index (χ2n) is 3.77. The molecule has 6 heteroatoms. The van der Waals surface area contributed by atoms with E-state index >= 15 is 0 Å². The second kappa shape index (κ2) is 6.07. The molecule has 0 aliphatic carbocycles. The molecule has 5 nitrogen and oxygen atoms in total. The number of amidine groups is 1. The summed E-state index contributed by atoms with van der Waals surface area (Å²) in [6, 6.07) is 0.263. The highest BCUT2D eigenvalue weighted by Crippen LogP contribution is 2.10. The van der Waals surface area contributed by atoms with Crippen LogP contribution in [0.15, 0.2) is 5.16 Å². The Balaban J connectivity index is 2.42. The first-order valence-corrected chi connectivity index (χ1v) is 6.74. The molecule has 0 aromatic carbocycles. The molecule has 1 atom stereocenters. The van der Waals surface area contributed by atoms with E-state index in [-0.39, 0.29) is 11.9 Å². The second-order valence-corrected chi connectivity index (χ2v) is 5.47. The van der Waals surface area contributed by atoms with Crippen LogP contribution in [-0.4, -0.2) is 38.8 Å². The molecule has 0 aromatic heterocycles. The topological polar surface area (TPSA) is 87.7 Å². The molecule has 0 bridgehead atoms. The number of nitrogens with one attached hydrogen (secondary N) is 1. The zero-order chi connectivity index (χ0) is 11.3. The highest BCUT2D eigenvalue weighted by molar-refractivity contribution is 7.85. The van der Waals surface area contributed by atoms with Crippen molar-refractivity contribution in [2.75, 3.05) is 11.5 Å². The molecule has 1 saturated heterocycles. The van der Waals surface area contributed by atoms with Crippen LogP contribution in [0, 0.1) is 0 Å². The Morgan fingerprint density at radius 3 is 2.73 bits per heavy atom. The van der Waals surface area contributed by atoms with Crippen LogP contribution in [-0.2, 0) is 10.8 Å². The van der Waals surface area contributed by atoms with Gasteiger partial charge in [-0.2, -0.15) is 0 Å². The molecule has 1 unspecified atom stereocenters. The summed E-state index contributed by atoms with van der Waals surface area (Å²) in [5.41, 5.74) is 5.55. The Labute approximate surface area is 92.6 Å². The van der Waals surface area contributed by atoms with E-state index in [1.54, 1.807) is 0 Å². The summed E-state index contributed by atoms with van der Waals surface area (Å²) < 4.78 is 11.1. The van der Waals surface area contributed by atoms with Crippen molar-refractivity contribution in [3.63, 3.8) is 0 Å². The number of hydrogen-bond donors (Lipinski definition) is 3. The van der Waals surface area contributed by atoms with Crippen LogP contribution in [0.2, 0.25) is 0 Å². The SMILES string of the molecule is CCC(NC1CCS(=O)CC1)C(N)=NO. The van der Waals surface area contributed by atoms with Crippen molar-refractivity contribution in [2.24, 2.45) is 10.9 Å². The van der Waals surface area contributed by atoms with Crippen LogP contribution in [0.25, 0.3) is 0 Å². The standard InChI is InChI=1S/C9H19N3O2S/c1-2-8(9(10)12-13)11-7-3-5-15(14)6-4-7/h7-8,11,13H,2-6H2,1H3,(H2,10,12). The van der Waals surface area contributed by atoms with Crippen molar-refractivity contribution < 1.29 is 9.42 Å². The molecule has 1 aliphatic rings. The maximum absolute atomic E-state index is 11.1. The van der Waals surface area contributed by atoms with Gasteiger partial charge in [-0.25, -0.2) is 0 Å². The van der Waals surface area contributed by atoms with E-state index in [1.807, 2.05) is 6.92 Å². The molecule has 1 aliphatic heterocycles. The van der Waals surface area contributed by atoms with Gasteiger partial charge in [0.1, 0.15) is 0 Å². The summed E-state index contributed by atoms with van der Waals surface area (Å²) in [5, 5.41) is 14.9. The van der Waals surface area contributed by atoms with Gasteiger partial charge in [-0.15, -0.1) is 0 Å². The third-order valence-corrected chi connectivity index (χ3v) is 4.09. The van der Waals surface area contributed by atoms with E-state index in [1.165, 1.54) is 0 Å². The van der Waals surface area contributed by atoms with Crippen LogP contribution in [0.4, 0.5) is 0 Å². The molecule has 15 heavy (non-hydrogen) atoms. The van der Waals surface area contributed by atoms with Crippen LogP contribution in [0.5, 0.6) is 0 Å². The largest absolute Gasteiger partial charge is 0.409 e. The van der Waals surface area contributed by atoms with E-state index in [9.17, 15) is 4.21 Å². The molecule has 1 fully saturated rings. The molecule has 0 amide bonds. The summed E-state index contributed by atoms with van der Waals surface area (Å²) in [6.07, 6.45) is 2.60.